The van der Waals surface area contributed by atoms with Gasteiger partial charge in [-0.3, -0.25) is 4.79 Å². The van der Waals surface area contributed by atoms with Crippen LogP contribution in [0, 0.1) is 12.3 Å². The molecule has 8 heteroatoms. The number of hydrogen-bond donors (Lipinski definition) is 1. The van der Waals surface area contributed by atoms with E-state index in [1.807, 2.05) is 4.90 Å². The molecule has 8 nitrogen and oxygen atoms in total. The van der Waals surface area contributed by atoms with Crippen LogP contribution < -0.4 is 5.32 Å². The van der Waals surface area contributed by atoms with Crippen molar-refractivity contribution < 1.29 is 23.8 Å². The van der Waals surface area contributed by atoms with Crippen LogP contribution in [0.15, 0.2) is 30.0 Å². The Balaban J connectivity index is 1.27. The lowest BCUT2D eigenvalue weighted by atomic mass is 9.77. The second kappa shape index (κ2) is 10.00. The first kappa shape index (κ1) is 25.0. The summed E-state index contributed by atoms with van der Waals surface area (Å²) in [6.07, 6.45) is 2.52. The van der Waals surface area contributed by atoms with Gasteiger partial charge in [0.2, 0.25) is 5.91 Å². The molecule has 2 saturated heterocycles. The van der Waals surface area contributed by atoms with Gasteiger partial charge in [0.15, 0.2) is 0 Å². The maximum absolute atomic E-state index is 13.5. The number of carbonyl (C=O) groups is 2. The molecule has 0 bridgehead atoms. The third kappa shape index (κ3) is 4.35. The summed E-state index contributed by atoms with van der Waals surface area (Å²) >= 11 is 0. The lowest BCUT2D eigenvalue weighted by Crippen LogP contribution is -2.47. The zero-order chi connectivity index (χ0) is 25.4. The van der Waals surface area contributed by atoms with Crippen molar-refractivity contribution in [3.8, 4) is 0 Å². The molecule has 1 unspecified atom stereocenters. The Morgan fingerprint density at radius 2 is 1.86 bits per heavy atom. The van der Waals surface area contributed by atoms with Gasteiger partial charge in [-0.25, -0.2) is 4.79 Å². The lowest BCUT2D eigenvalue weighted by molar-refractivity contribution is -0.138. The Labute approximate surface area is 213 Å². The van der Waals surface area contributed by atoms with Crippen LogP contribution in [0.1, 0.15) is 54.5 Å². The van der Waals surface area contributed by atoms with Crippen LogP contribution in [-0.2, 0) is 30.4 Å². The van der Waals surface area contributed by atoms with Crippen molar-refractivity contribution >= 4 is 17.6 Å². The van der Waals surface area contributed by atoms with Crippen LogP contribution in [0.3, 0.4) is 0 Å². The normalized spacial score (nSPS) is 22.4. The van der Waals surface area contributed by atoms with E-state index in [4.69, 9.17) is 14.2 Å². The molecular weight excluding hydrogens is 458 g/mol. The summed E-state index contributed by atoms with van der Waals surface area (Å²) in [4.78, 5) is 29.6. The van der Waals surface area contributed by atoms with Crippen LogP contribution >= 0.6 is 0 Å². The topological polar surface area (TPSA) is 80.3 Å². The summed E-state index contributed by atoms with van der Waals surface area (Å²) in [6, 6.07) is 4.48. The molecule has 4 aliphatic heterocycles. The zero-order valence-electron chi connectivity index (χ0n) is 21.7. The number of fused-ring (bicyclic) bond motifs is 1. The Hall–Kier alpha value is -2.68. The number of carbonyl (C=O) groups excluding carboxylic acids is 2. The van der Waals surface area contributed by atoms with E-state index >= 15 is 0 Å². The zero-order valence-corrected chi connectivity index (χ0v) is 21.7. The number of methoxy groups -OCH3 is 1. The van der Waals surface area contributed by atoms with Crippen molar-refractivity contribution in [1.29, 1.82) is 0 Å². The quantitative estimate of drug-likeness (QED) is 0.439. The molecule has 1 aromatic rings. The Kier molecular flexibility index (Phi) is 6.94. The summed E-state index contributed by atoms with van der Waals surface area (Å²) in [6.45, 7) is 13.4. The first-order valence-corrected chi connectivity index (χ1v) is 12.9. The van der Waals surface area contributed by atoms with Crippen molar-refractivity contribution in [2.24, 2.45) is 5.41 Å². The van der Waals surface area contributed by atoms with Crippen LogP contribution in [0.5, 0.6) is 0 Å². The number of hydrogen-bond acceptors (Lipinski definition) is 7. The first-order chi connectivity index (χ1) is 17.3. The fraction of sp³-hybridized carbons (Fsp3) is 0.571. The number of amides is 1. The second-order valence-electron chi connectivity index (χ2n) is 10.5. The number of nitrogens with zero attached hydrogens (tertiary/aromatic N) is 2. The minimum atomic E-state index is -0.324. The molecule has 4 heterocycles. The third-order valence-corrected chi connectivity index (χ3v) is 8.58. The van der Waals surface area contributed by atoms with Gasteiger partial charge in [0, 0.05) is 43.9 Å². The van der Waals surface area contributed by atoms with Crippen LogP contribution in [0.25, 0.3) is 5.76 Å². The van der Waals surface area contributed by atoms with E-state index < -0.39 is 0 Å². The predicted molar refractivity (Wildman–Crippen MR) is 136 cm³/mol. The largest absolute Gasteiger partial charge is 0.489 e. The van der Waals surface area contributed by atoms with Crippen LogP contribution in [0.4, 0.5) is 0 Å². The molecule has 0 radical (unpaired) electrons. The fourth-order valence-electron chi connectivity index (χ4n) is 6.16. The third-order valence-electron chi connectivity index (χ3n) is 8.58. The monoisotopic (exact) mass is 495 g/mol. The molecule has 0 saturated carbocycles. The van der Waals surface area contributed by atoms with E-state index in [1.54, 1.807) is 14.0 Å². The standard InChI is InChI=1S/C28H37N3O5/c1-18-21(5-6-22-20(3)35-16-23(18)22)24(29-10-14-34-4)15-30-11-7-28(8-12-30)9-13-31(27(28)33)25-17-36-26(32)19(25)2/h5-6,24,29H,3,7-17H2,1-2,4H3. The highest BCUT2D eigenvalue weighted by molar-refractivity contribution is 5.94. The van der Waals surface area contributed by atoms with Gasteiger partial charge in [-0.05, 0) is 57.3 Å². The van der Waals surface area contributed by atoms with Gasteiger partial charge in [-0.2, -0.15) is 0 Å². The van der Waals surface area contributed by atoms with E-state index in [0.29, 0.717) is 25.3 Å². The molecule has 5 rings (SSSR count). The number of ether oxygens (including phenoxy) is 3. The van der Waals surface area contributed by atoms with E-state index in [1.165, 1.54) is 16.7 Å². The lowest BCUT2D eigenvalue weighted by Gasteiger charge is -2.39. The minimum Gasteiger partial charge on any atom is -0.489 e. The van der Waals surface area contributed by atoms with Gasteiger partial charge in [-0.1, -0.05) is 18.7 Å². The maximum atomic E-state index is 13.5. The first-order valence-electron chi connectivity index (χ1n) is 12.9. The van der Waals surface area contributed by atoms with Gasteiger partial charge < -0.3 is 29.3 Å². The molecule has 4 aliphatic rings. The predicted octanol–water partition coefficient (Wildman–Crippen LogP) is 2.92. The van der Waals surface area contributed by atoms with Crippen molar-refractivity contribution in [2.75, 3.05) is 53.0 Å². The Morgan fingerprint density at radius 3 is 2.56 bits per heavy atom. The van der Waals surface area contributed by atoms with Gasteiger partial charge >= 0.3 is 5.97 Å². The number of cyclic esters (lactones) is 1. The molecule has 1 spiro atoms. The number of likely N-dealkylation sites (tertiary alicyclic amines) is 2. The molecular formula is C28H37N3O5. The number of benzene rings is 1. The molecule has 1 aromatic carbocycles. The molecule has 1 atom stereocenters. The highest BCUT2D eigenvalue weighted by Crippen LogP contribution is 2.44. The molecule has 36 heavy (non-hydrogen) atoms. The minimum absolute atomic E-state index is 0.151. The van der Waals surface area contributed by atoms with Crippen molar-refractivity contribution in [2.45, 2.75) is 45.8 Å². The highest BCUT2D eigenvalue weighted by atomic mass is 16.5. The molecule has 0 aliphatic carbocycles. The van der Waals surface area contributed by atoms with Gasteiger partial charge in [-0.15, -0.1) is 0 Å². The van der Waals surface area contributed by atoms with Crippen LogP contribution in [0.2, 0.25) is 0 Å². The summed E-state index contributed by atoms with van der Waals surface area (Å²) in [7, 11) is 1.72. The average Bonchev–Trinajstić information content (AvgIpc) is 3.52. The SMILES string of the molecule is C=C1OCc2c1ccc(C(CN1CCC3(CC1)CCN(C1=C(C)C(=O)OC1)C3=O)NCCOC)c2C. The maximum Gasteiger partial charge on any atom is 0.336 e. The van der Waals surface area contributed by atoms with Crippen LogP contribution in [-0.4, -0.2) is 74.7 Å². The molecule has 1 N–H and O–H groups in total. The number of nitrogens with one attached hydrogen (secondary N) is 1. The van der Waals surface area contributed by atoms with Crippen molar-refractivity contribution in [3.63, 3.8) is 0 Å². The van der Waals surface area contributed by atoms with E-state index in [9.17, 15) is 9.59 Å². The summed E-state index contributed by atoms with van der Waals surface area (Å²) in [5, 5.41) is 3.69. The summed E-state index contributed by atoms with van der Waals surface area (Å²) in [5.74, 6) is 0.609. The highest BCUT2D eigenvalue weighted by Gasteiger charge is 2.50. The molecule has 194 valence electrons. The molecule has 2 fully saturated rings. The van der Waals surface area contributed by atoms with Gasteiger partial charge in [0.25, 0.3) is 0 Å². The van der Waals surface area contributed by atoms with E-state index in [-0.39, 0.29) is 29.9 Å². The molecule has 0 aromatic heterocycles. The smallest absolute Gasteiger partial charge is 0.336 e. The number of rotatable bonds is 8. The fourth-order valence-corrected chi connectivity index (χ4v) is 6.16. The van der Waals surface area contributed by atoms with E-state index in [2.05, 4.69) is 35.9 Å². The molecule has 1 amide bonds. The van der Waals surface area contributed by atoms with Crippen molar-refractivity contribution in [1.82, 2.24) is 15.1 Å². The second-order valence-corrected chi connectivity index (χ2v) is 10.5. The van der Waals surface area contributed by atoms with Crippen molar-refractivity contribution in [3.05, 3.63) is 52.2 Å². The Morgan fingerprint density at radius 1 is 1.11 bits per heavy atom. The van der Waals surface area contributed by atoms with E-state index in [0.717, 1.165) is 62.5 Å². The number of piperidine rings is 1. The number of esters is 1. The summed E-state index contributed by atoms with van der Waals surface area (Å²) < 4.78 is 16.1. The van der Waals surface area contributed by atoms with Gasteiger partial charge in [0.1, 0.15) is 19.0 Å². The summed E-state index contributed by atoms with van der Waals surface area (Å²) in [5.41, 5.74) is 5.87. The van der Waals surface area contributed by atoms with Gasteiger partial charge in [0.05, 0.1) is 23.3 Å². The Bertz CT molecular complexity index is 1100. The average molecular weight is 496 g/mol.